The summed E-state index contributed by atoms with van der Waals surface area (Å²) in [5, 5.41) is 3.01. The number of rotatable bonds is 6. The van der Waals surface area contributed by atoms with Crippen LogP contribution in [0.25, 0.3) is 6.08 Å². The Balaban J connectivity index is 1.90. The van der Waals surface area contributed by atoms with E-state index in [1.807, 2.05) is 19.1 Å². The van der Waals surface area contributed by atoms with Gasteiger partial charge in [-0.1, -0.05) is 11.6 Å². The zero-order valence-corrected chi connectivity index (χ0v) is 15.6. The average Bonchev–Trinajstić information content (AvgIpc) is 2.98. The first-order chi connectivity index (χ1) is 11.9. The lowest BCUT2D eigenvalue weighted by molar-refractivity contribution is -0.148. The van der Waals surface area contributed by atoms with Crippen LogP contribution >= 0.6 is 22.9 Å². The van der Waals surface area contributed by atoms with Crippen LogP contribution in [0.2, 0.25) is 5.02 Å². The van der Waals surface area contributed by atoms with Crippen molar-refractivity contribution in [2.24, 2.45) is 0 Å². The van der Waals surface area contributed by atoms with Crippen molar-refractivity contribution in [2.75, 3.05) is 12.4 Å². The second-order valence-electron chi connectivity index (χ2n) is 5.20. The third kappa shape index (κ3) is 5.62. The van der Waals surface area contributed by atoms with Gasteiger partial charge in [0.25, 0.3) is 5.91 Å². The summed E-state index contributed by atoms with van der Waals surface area (Å²) < 4.78 is 10.1. The number of hydrogen-bond donors (Lipinski definition) is 1. The molecule has 1 N–H and O–H groups in total. The first kappa shape index (κ1) is 19.0. The molecule has 5 nitrogen and oxygen atoms in total. The summed E-state index contributed by atoms with van der Waals surface area (Å²) in [5.41, 5.74) is 0.489. The zero-order chi connectivity index (χ0) is 18.4. The molecule has 132 valence electrons. The van der Waals surface area contributed by atoms with Gasteiger partial charge in [-0.2, -0.15) is 0 Å². The van der Waals surface area contributed by atoms with E-state index in [1.54, 1.807) is 35.6 Å². The van der Waals surface area contributed by atoms with Gasteiger partial charge in [0.05, 0.1) is 12.1 Å². The number of thiophene rings is 1. The van der Waals surface area contributed by atoms with Gasteiger partial charge in [-0.25, -0.2) is 4.79 Å². The van der Waals surface area contributed by atoms with Gasteiger partial charge in [0.2, 0.25) is 0 Å². The fraction of sp³-hybridized carbons (Fsp3) is 0.222. The molecule has 0 saturated heterocycles. The molecule has 0 fully saturated rings. The fourth-order valence-electron chi connectivity index (χ4n) is 1.95. The molecule has 7 heteroatoms. The van der Waals surface area contributed by atoms with Crippen molar-refractivity contribution >= 4 is 46.6 Å². The highest BCUT2D eigenvalue weighted by Gasteiger charge is 2.17. The number of amides is 1. The lowest BCUT2D eigenvalue weighted by atomic mass is 10.2. The Labute approximate surface area is 155 Å². The van der Waals surface area contributed by atoms with Crippen molar-refractivity contribution in [2.45, 2.75) is 20.0 Å². The second kappa shape index (κ2) is 8.69. The minimum atomic E-state index is -0.942. The lowest BCUT2D eigenvalue weighted by Gasteiger charge is -2.13. The molecule has 1 aromatic heterocycles. The molecule has 25 heavy (non-hydrogen) atoms. The monoisotopic (exact) mass is 379 g/mol. The van der Waals surface area contributed by atoms with Crippen LogP contribution in [0.15, 0.2) is 36.4 Å². The third-order valence-corrected chi connectivity index (χ3v) is 4.49. The van der Waals surface area contributed by atoms with Crippen molar-refractivity contribution in [1.82, 2.24) is 0 Å². The summed E-state index contributed by atoms with van der Waals surface area (Å²) in [6, 6.07) is 8.72. The largest absolute Gasteiger partial charge is 0.495 e. The van der Waals surface area contributed by atoms with E-state index in [0.29, 0.717) is 16.5 Å². The Morgan fingerprint density at radius 3 is 2.64 bits per heavy atom. The third-order valence-electron chi connectivity index (χ3n) is 3.23. The highest BCUT2D eigenvalue weighted by atomic mass is 35.5. The summed E-state index contributed by atoms with van der Waals surface area (Å²) in [5.74, 6) is -0.524. The molecule has 0 aliphatic heterocycles. The maximum Gasteiger partial charge on any atom is 0.331 e. The summed E-state index contributed by atoms with van der Waals surface area (Å²) in [6.45, 7) is 3.49. The number of nitrogens with one attached hydrogen (secondary N) is 1. The maximum atomic E-state index is 12.1. The van der Waals surface area contributed by atoms with E-state index < -0.39 is 18.0 Å². The number of benzene rings is 1. The second-order valence-corrected chi connectivity index (χ2v) is 6.93. The quantitative estimate of drug-likeness (QED) is 0.600. The molecule has 0 aliphatic carbocycles. The molecule has 1 amide bonds. The van der Waals surface area contributed by atoms with Gasteiger partial charge >= 0.3 is 5.97 Å². The lowest BCUT2D eigenvalue weighted by Crippen LogP contribution is -2.29. The van der Waals surface area contributed by atoms with Gasteiger partial charge in [-0.3, -0.25) is 4.79 Å². The molecule has 1 atom stereocenters. The van der Waals surface area contributed by atoms with Crippen LogP contribution in [-0.2, 0) is 14.3 Å². The topological polar surface area (TPSA) is 64.6 Å². The first-order valence-corrected chi connectivity index (χ1v) is 8.68. The predicted molar refractivity (Wildman–Crippen MR) is 100 cm³/mol. The fourth-order valence-corrected chi connectivity index (χ4v) is 2.99. The number of aryl methyl sites for hydroxylation is 1. The molecule has 2 aromatic rings. The molecule has 1 heterocycles. The Kier molecular flexibility index (Phi) is 6.61. The van der Waals surface area contributed by atoms with Crippen LogP contribution in [0.4, 0.5) is 5.69 Å². The number of methoxy groups -OCH3 is 1. The van der Waals surface area contributed by atoms with Gasteiger partial charge in [0.1, 0.15) is 5.75 Å². The number of carbonyl (C=O) groups excluding carboxylic acids is 2. The molecule has 0 radical (unpaired) electrons. The predicted octanol–water partition coefficient (Wildman–Crippen LogP) is 4.30. The van der Waals surface area contributed by atoms with Gasteiger partial charge in [0, 0.05) is 21.5 Å². The number of carbonyl (C=O) groups is 2. The van der Waals surface area contributed by atoms with Gasteiger partial charge in [-0.05, 0) is 50.3 Å². The van der Waals surface area contributed by atoms with E-state index in [4.69, 9.17) is 21.1 Å². The molecule has 0 unspecified atom stereocenters. The SMILES string of the molecule is COc1ccc(NC(=O)[C@@H](C)OC(=O)/C=C/c2ccc(C)s2)cc1Cl. The van der Waals surface area contributed by atoms with Crippen molar-refractivity contribution in [3.8, 4) is 5.75 Å². The molecule has 0 spiro atoms. The molecule has 0 saturated carbocycles. The maximum absolute atomic E-state index is 12.1. The number of hydrogen-bond acceptors (Lipinski definition) is 5. The Morgan fingerprint density at radius 1 is 1.28 bits per heavy atom. The molecular formula is C18H18ClNO4S. The van der Waals surface area contributed by atoms with E-state index >= 15 is 0 Å². The Morgan fingerprint density at radius 2 is 2.04 bits per heavy atom. The van der Waals surface area contributed by atoms with Crippen LogP contribution < -0.4 is 10.1 Å². The van der Waals surface area contributed by atoms with Gasteiger partial charge < -0.3 is 14.8 Å². The standard InChI is InChI=1S/C18H18ClNO4S/c1-11-4-6-14(25-11)7-9-17(21)24-12(2)18(22)20-13-5-8-16(23-3)15(19)10-13/h4-10,12H,1-3H3,(H,20,22)/b9-7+/t12-/m1/s1. The molecule has 2 rings (SSSR count). The number of halogens is 1. The minimum absolute atomic E-state index is 0.374. The smallest absolute Gasteiger partial charge is 0.331 e. The van der Waals surface area contributed by atoms with Crippen molar-refractivity contribution in [3.63, 3.8) is 0 Å². The highest BCUT2D eigenvalue weighted by Crippen LogP contribution is 2.27. The molecular weight excluding hydrogens is 362 g/mol. The van der Waals surface area contributed by atoms with Crippen LogP contribution in [0.5, 0.6) is 5.75 Å². The normalized spacial score (nSPS) is 12.0. The van der Waals surface area contributed by atoms with E-state index in [1.165, 1.54) is 20.1 Å². The molecule has 0 aliphatic rings. The van der Waals surface area contributed by atoms with E-state index in [9.17, 15) is 9.59 Å². The highest BCUT2D eigenvalue weighted by molar-refractivity contribution is 7.12. The van der Waals surface area contributed by atoms with Crippen LogP contribution in [0, 0.1) is 6.92 Å². The molecule has 0 bridgehead atoms. The van der Waals surface area contributed by atoms with Gasteiger partial charge in [-0.15, -0.1) is 11.3 Å². The minimum Gasteiger partial charge on any atom is -0.495 e. The molecule has 1 aromatic carbocycles. The first-order valence-electron chi connectivity index (χ1n) is 7.48. The van der Waals surface area contributed by atoms with Crippen LogP contribution in [0.3, 0.4) is 0 Å². The van der Waals surface area contributed by atoms with Crippen molar-refractivity contribution in [3.05, 3.63) is 51.2 Å². The Bertz CT molecular complexity index is 800. The number of ether oxygens (including phenoxy) is 2. The van der Waals surface area contributed by atoms with Crippen LogP contribution in [-0.4, -0.2) is 25.1 Å². The van der Waals surface area contributed by atoms with Crippen molar-refractivity contribution < 1.29 is 19.1 Å². The Hall–Kier alpha value is -2.31. The van der Waals surface area contributed by atoms with E-state index in [0.717, 1.165) is 9.75 Å². The van der Waals surface area contributed by atoms with E-state index in [2.05, 4.69) is 5.32 Å². The summed E-state index contributed by atoms with van der Waals surface area (Å²) in [4.78, 5) is 26.0. The van der Waals surface area contributed by atoms with Gasteiger partial charge in [0.15, 0.2) is 6.10 Å². The van der Waals surface area contributed by atoms with Crippen LogP contribution in [0.1, 0.15) is 16.7 Å². The number of esters is 1. The van der Waals surface area contributed by atoms with E-state index in [-0.39, 0.29) is 0 Å². The zero-order valence-electron chi connectivity index (χ0n) is 14.0. The number of anilines is 1. The summed E-state index contributed by atoms with van der Waals surface area (Å²) in [7, 11) is 1.51. The summed E-state index contributed by atoms with van der Waals surface area (Å²) >= 11 is 7.57. The van der Waals surface area contributed by atoms with Crippen molar-refractivity contribution in [1.29, 1.82) is 0 Å². The average molecular weight is 380 g/mol. The summed E-state index contributed by atoms with van der Waals surface area (Å²) in [6.07, 6.45) is 2.02.